The molecule has 5 amide bonds. The molecule has 1 unspecified atom stereocenters. The van der Waals surface area contributed by atoms with Crippen LogP contribution in [0.2, 0.25) is 0 Å². The van der Waals surface area contributed by atoms with Gasteiger partial charge in [-0.25, -0.2) is 13.2 Å². The van der Waals surface area contributed by atoms with Crippen LogP contribution in [-0.2, 0) is 53.4 Å². The summed E-state index contributed by atoms with van der Waals surface area (Å²) in [7, 11) is -3.85. The summed E-state index contributed by atoms with van der Waals surface area (Å²) in [5, 5.41) is 5.29. The van der Waals surface area contributed by atoms with E-state index in [-0.39, 0.29) is 24.8 Å². The second-order valence-corrected chi connectivity index (χ2v) is 17.9. The Hall–Kier alpha value is -3.68. The van der Waals surface area contributed by atoms with Gasteiger partial charge in [0, 0.05) is 25.9 Å². The van der Waals surface area contributed by atoms with Crippen molar-refractivity contribution < 1.29 is 37.1 Å². The highest BCUT2D eigenvalue weighted by Gasteiger charge is 2.62. The van der Waals surface area contributed by atoms with Gasteiger partial charge in [-0.15, -0.1) is 0 Å². The minimum atomic E-state index is -3.85. The summed E-state index contributed by atoms with van der Waals surface area (Å²) in [5.74, 6) is -2.19. The Kier molecular flexibility index (Phi) is 10.8. The molecule has 4 aliphatic heterocycles. The maximum absolute atomic E-state index is 14.4. The lowest BCUT2D eigenvalue weighted by atomic mass is 9.98. The Balaban J connectivity index is 1.15. The summed E-state index contributed by atoms with van der Waals surface area (Å²) in [5.41, 5.74) is 2.06. The highest BCUT2D eigenvalue weighted by molar-refractivity contribution is 7.91. The lowest BCUT2D eigenvalue weighted by Crippen LogP contribution is -2.58. The van der Waals surface area contributed by atoms with E-state index in [1.54, 1.807) is 4.90 Å². The van der Waals surface area contributed by atoms with Gasteiger partial charge in [-0.3, -0.25) is 28.8 Å². The third-order valence-corrected chi connectivity index (χ3v) is 13.9. The quantitative estimate of drug-likeness (QED) is 0.421. The van der Waals surface area contributed by atoms with Crippen molar-refractivity contribution in [2.75, 3.05) is 6.54 Å². The molecule has 1 aromatic carbocycles. The standard InChI is InChI=1S/C38H53N5O8S/c44-33-17-10-6-1-3-7-12-25-13-11-14-26-22-42(24-30(25)26)37(48)51-28-20-32-34(45)40-38(36(47)41-52(49,50)29-18-19-29)21-27(38)15-8-4-2-5-9-16-31(39-33)35(46)43(32)23-28/h11,13-14,27-29,31-32H,1-10,12,15-24H2,(H,39,44)(H,40,45)(H,41,47)/t27?,28-,31+,32+,38-/m1/s1. The highest BCUT2D eigenvalue weighted by atomic mass is 32.2. The zero-order valence-electron chi connectivity index (χ0n) is 30.0. The van der Waals surface area contributed by atoms with Crippen LogP contribution >= 0.6 is 0 Å². The normalized spacial score (nSPS) is 31.0. The number of nitrogens with one attached hydrogen (secondary N) is 3. The zero-order chi connectivity index (χ0) is 36.5. The van der Waals surface area contributed by atoms with Crippen LogP contribution in [-0.4, -0.2) is 83.5 Å². The number of ether oxygens (including phenoxy) is 1. The summed E-state index contributed by atoms with van der Waals surface area (Å²) in [4.78, 5) is 72.3. The zero-order valence-corrected chi connectivity index (χ0v) is 30.9. The molecule has 6 aliphatic rings. The summed E-state index contributed by atoms with van der Waals surface area (Å²) < 4.78 is 33.9. The van der Waals surface area contributed by atoms with E-state index in [0.29, 0.717) is 58.0 Å². The van der Waals surface area contributed by atoms with Gasteiger partial charge < -0.3 is 20.3 Å². The molecule has 3 N–H and O–H groups in total. The van der Waals surface area contributed by atoms with Crippen molar-refractivity contribution >= 4 is 39.7 Å². The van der Waals surface area contributed by atoms with E-state index in [2.05, 4.69) is 21.4 Å². The number of hydrogen-bond acceptors (Lipinski definition) is 8. The van der Waals surface area contributed by atoms with Gasteiger partial charge in [-0.05, 0) is 74.0 Å². The summed E-state index contributed by atoms with van der Waals surface area (Å²) >= 11 is 0. The molecule has 5 bridgehead atoms. The molecule has 0 spiro atoms. The topological polar surface area (TPSA) is 171 Å². The van der Waals surface area contributed by atoms with E-state index in [1.165, 1.54) is 10.5 Å². The first-order valence-corrected chi connectivity index (χ1v) is 21.1. The van der Waals surface area contributed by atoms with Gasteiger partial charge in [0.15, 0.2) is 0 Å². The summed E-state index contributed by atoms with van der Waals surface area (Å²) in [6.07, 6.45) is 11.2. The number of fused-ring (bicyclic) bond motifs is 4. The third kappa shape index (κ3) is 8.11. The molecule has 1 aromatic rings. The number of rotatable bonds is 3. The van der Waals surface area contributed by atoms with Gasteiger partial charge in [0.1, 0.15) is 23.7 Å². The third-order valence-electron chi connectivity index (χ3n) is 12.0. The van der Waals surface area contributed by atoms with E-state index in [1.807, 2.05) is 12.1 Å². The fraction of sp³-hybridized carbons (Fsp3) is 0.711. The monoisotopic (exact) mass is 739 g/mol. The molecule has 0 radical (unpaired) electrons. The number of benzene rings is 1. The first-order valence-electron chi connectivity index (χ1n) is 19.6. The Morgan fingerprint density at radius 3 is 2.31 bits per heavy atom. The minimum absolute atomic E-state index is 0.0127. The molecule has 4 fully saturated rings. The van der Waals surface area contributed by atoms with Gasteiger partial charge in [-0.1, -0.05) is 69.6 Å². The van der Waals surface area contributed by atoms with Crippen molar-refractivity contribution in [2.24, 2.45) is 5.92 Å². The molecule has 13 nitrogen and oxygen atoms in total. The maximum atomic E-state index is 14.4. The Morgan fingerprint density at radius 1 is 0.846 bits per heavy atom. The van der Waals surface area contributed by atoms with E-state index >= 15 is 0 Å². The fourth-order valence-electron chi connectivity index (χ4n) is 8.72. The van der Waals surface area contributed by atoms with E-state index < -0.39 is 62.8 Å². The van der Waals surface area contributed by atoms with E-state index in [9.17, 15) is 32.4 Å². The SMILES string of the molecule is O=C1CCCCCCCc2cccc3c2CN(C3)C(=O)O[C@@H]2C[C@H]3C(=O)N[C@]4(C(=O)NS(=O)(=O)C5CC5)CC4CCCCCCC[C@H](N1)C(=O)N3C2. The molecular weight excluding hydrogens is 687 g/mol. The van der Waals surface area contributed by atoms with Crippen LogP contribution in [0.1, 0.15) is 126 Å². The van der Waals surface area contributed by atoms with Crippen LogP contribution in [0.3, 0.4) is 0 Å². The first-order chi connectivity index (χ1) is 25.0. The van der Waals surface area contributed by atoms with Crippen molar-refractivity contribution in [3.05, 3.63) is 34.9 Å². The average Bonchev–Trinajstić information content (AvgIpc) is 3.99. The molecule has 2 aliphatic carbocycles. The number of carbonyl (C=O) groups is 5. The number of amides is 5. The summed E-state index contributed by atoms with van der Waals surface area (Å²) in [6.45, 7) is 0.804. The first kappa shape index (κ1) is 36.7. The fourth-order valence-corrected chi connectivity index (χ4v) is 10.1. The molecule has 2 saturated heterocycles. The number of sulfonamides is 1. The number of aryl methyl sites for hydroxylation is 1. The molecule has 4 heterocycles. The van der Waals surface area contributed by atoms with E-state index in [0.717, 1.165) is 75.3 Å². The molecule has 2 saturated carbocycles. The predicted octanol–water partition coefficient (Wildman–Crippen LogP) is 3.72. The van der Waals surface area contributed by atoms with Gasteiger partial charge in [0.25, 0.3) is 5.91 Å². The Morgan fingerprint density at radius 2 is 1.54 bits per heavy atom. The summed E-state index contributed by atoms with van der Waals surface area (Å²) in [6, 6.07) is 4.24. The van der Waals surface area contributed by atoms with Crippen molar-refractivity contribution in [1.82, 2.24) is 25.2 Å². The van der Waals surface area contributed by atoms with Gasteiger partial charge in [0.05, 0.1) is 11.8 Å². The van der Waals surface area contributed by atoms with Crippen LogP contribution in [0, 0.1) is 5.92 Å². The Labute approximate surface area is 306 Å². The molecule has 7 rings (SSSR count). The molecule has 52 heavy (non-hydrogen) atoms. The number of carbonyl (C=O) groups excluding carboxylic acids is 5. The number of hydrogen-bond donors (Lipinski definition) is 3. The van der Waals surface area contributed by atoms with E-state index in [4.69, 9.17) is 4.74 Å². The molecule has 284 valence electrons. The predicted molar refractivity (Wildman–Crippen MR) is 191 cm³/mol. The smallest absolute Gasteiger partial charge is 0.410 e. The maximum Gasteiger partial charge on any atom is 0.410 e. The van der Waals surface area contributed by atoms with Gasteiger partial charge in [0.2, 0.25) is 27.7 Å². The molecular formula is C38H53N5O8S. The van der Waals surface area contributed by atoms with Gasteiger partial charge in [-0.2, -0.15) is 0 Å². The molecule has 0 aromatic heterocycles. The van der Waals surface area contributed by atoms with Crippen LogP contribution in [0.5, 0.6) is 0 Å². The lowest BCUT2D eigenvalue weighted by Gasteiger charge is -2.30. The van der Waals surface area contributed by atoms with Crippen molar-refractivity contribution in [1.29, 1.82) is 0 Å². The van der Waals surface area contributed by atoms with Crippen LogP contribution in [0.15, 0.2) is 18.2 Å². The van der Waals surface area contributed by atoms with Crippen molar-refractivity contribution in [3.63, 3.8) is 0 Å². The second-order valence-electron chi connectivity index (χ2n) is 15.9. The minimum Gasteiger partial charge on any atom is -0.444 e. The van der Waals surface area contributed by atoms with Crippen LogP contribution < -0.4 is 15.4 Å². The molecule has 14 heteroatoms. The van der Waals surface area contributed by atoms with Gasteiger partial charge >= 0.3 is 6.09 Å². The van der Waals surface area contributed by atoms with Crippen molar-refractivity contribution in [3.8, 4) is 0 Å². The second kappa shape index (κ2) is 15.4. The molecule has 5 atom stereocenters. The van der Waals surface area contributed by atoms with Crippen molar-refractivity contribution in [2.45, 2.75) is 158 Å². The highest BCUT2D eigenvalue weighted by Crippen LogP contribution is 2.48. The number of nitrogens with zero attached hydrogens (tertiary/aromatic N) is 2. The largest absolute Gasteiger partial charge is 0.444 e. The lowest BCUT2D eigenvalue weighted by molar-refractivity contribution is -0.142. The Bertz CT molecular complexity index is 1680. The van der Waals surface area contributed by atoms with Crippen LogP contribution in [0.4, 0.5) is 4.79 Å². The van der Waals surface area contributed by atoms with Crippen LogP contribution in [0.25, 0.3) is 0 Å². The average molecular weight is 740 g/mol.